The van der Waals surface area contributed by atoms with Gasteiger partial charge in [-0.2, -0.15) is 0 Å². The Morgan fingerprint density at radius 3 is 2.65 bits per heavy atom. The van der Waals surface area contributed by atoms with Crippen molar-refractivity contribution in [1.82, 2.24) is 10.2 Å². The Kier molecular flexibility index (Phi) is 4.74. The van der Waals surface area contributed by atoms with E-state index in [1.54, 1.807) is 4.90 Å². The Hall–Kier alpha value is -1.88. The summed E-state index contributed by atoms with van der Waals surface area (Å²) in [4.78, 5) is 25.3. The van der Waals surface area contributed by atoms with Crippen molar-refractivity contribution in [3.8, 4) is 0 Å². The van der Waals surface area contributed by atoms with E-state index in [1.807, 2.05) is 6.08 Å². The number of halogens is 2. The Morgan fingerprint density at radius 2 is 2.00 bits per heavy atom. The molecule has 1 aromatic rings. The van der Waals surface area contributed by atoms with Gasteiger partial charge in [-0.3, -0.25) is 9.59 Å². The third kappa shape index (κ3) is 3.81. The average Bonchev–Trinajstić information content (AvgIpc) is 2.45. The van der Waals surface area contributed by atoms with E-state index in [2.05, 4.69) is 5.32 Å². The predicted molar refractivity (Wildman–Crippen MR) is 73.9 cm³/mol. The first kappa shape index (κ1) is 14.5. The molecule has 0 spiro atoms. The predicted octanol–water partition coefficient (Wildman–Crippen LogP) is 1.91. The fourth-order valence-corrected chi connectivity index (χ4v) is 2.14. The summed E-state index contributed by atoms with van der Waals surface area (Å²) in [6.07, 6.45) is 2.60. The lowest BCUT2D eigenvalue weighted by atomic mass is 10.2. The van der Waals surface area contributed by atoms with Gasteiger partial charge in [0.15, 0.2) is 0 Å². The molecule has 0 bridgehead atoms. The van der Waals surface area contributed by atoms with Crippen LogP contribution in [0.2, 0.25) is 0 Å². The molecule has 0 fully saturated rings. The van der Waals surface area contributed by atoms with Gasteiger partial charge in [0.2, 0.25) is 5.91 Å². The minimum atomic E-state index is -0.410. The molecule has 0 aliphatic carbocycles. The van der Waals surface area contributed by atoms with Gasteiger partial charge in [-0.05, 0) is 30.7 Å². The van der Waals surface area contributed by atoms with Gasteiger partial charge >= 0.3 is 0 Å². The number of nitrogens with one attached hydrogen (secondary N) is 1. The van der Waals surface area contributed by atoms with E-state index in [-0.39, 0.29) is 12.5 Å². The van der Waals surface area contributed by atoms with Gasteiger partial charge in [-0.25, -0.2) is 4.39 Å². The fourth-order valence-electron chi connectivity index (χ4n) is 1.89. The van der Waals surface area contributed by atoms with Gasteiger partial charge in [-0.1, -0.05) is 17.7 Å². The highest BCUT2D eigenvalue weighted by atomic mass is 35.5. The number of benzene rings is 1. The molecule has 0 saturated carbocycles. The molecule has 0 unspecified atom stereocenters. The summed E-state index contributed by atoms with van der Waals surface area (Å²) < 4.78 is 12.7. The van der Waals surface area contributed by atoms with E-state index in [4.69, 9.17) is 11.6 Å². The molecule has 0 aromatic heterocycles. The van der Waals surface area contributed by atoms with Crippen molar-refractivity contribution in [2.75, 3.05) is 19.6 Å². The van der Waals surface area contributed by atoms with Gasteiger partial charge in [0.05, 0.1) is 13.1 Å². The number of carbonyl (C=O) groups is 2. The van der Waals surface area contributed by atoms with Crippen molar-refractivity contribution in [2.24, 2.45) is 0 Å². The van der Waals surface area contributed by atoms with Gasteiger partial charge in [0, 0.05) is 17.1 Å². The molecule has 0 atom stereocenters. The molecule has 1 N–H and O–H groups in total. The van der Waals surface area contributed by atoms with Crippen LogP contribution < -0.4 is 5.32 Å². The smallest absolute Gasteiger partial charge is 0.251 e. The Bertz CT molecular complexity index is 543. The topological polar surface area (TPSA) is 49.4 Å². The summed E-state index contributed by atoms with van der Waals surface area (Å²) in [6.45, 7) is 0.884. The third-order valence-electron chi connectivity index (χ3n) is 2.97. The van der Waals surface area contributed by atoms with Crippen LogP contribution in [0, 0.1) is 5.82 Å². The van der Waals surface area contributed by atoms with E-state index in [1.165, 1.54) is 24.3 Å². The van der Waals surface area contributed by atoms with E-state index in [0.29, 0.717) is 23.7 Å². The van der Waals surface area contributed by atoms with Gasteiger partial charge < -0.3 is 10.2 Å². The Balaban J connectivity index is 1.85. The van der Waals surface area contributed by atoms with Crippen molar-refractivity contribution in [3.63, 3.8) is 0 Å². The maximum atomic E-state index is 12.7. The Labute approximate surface area is 121 Å². The van der Waals surface area contributed by atoms with E-state index in [9.17, 15) is 14.0 Å². The standard InChI is InChI=1S/C14H14ClFN2O2/c15-11-2-1-7-18(9-11)13(19)8-17-14(20)10-3-5-12(16)6-4-10/h2-6H,1,7-9H2,(H,17,20). The molecule has 1 heterocycles. The van der Waals surface area contributed by atoms with Gasteiger partial charge in [0.1, 0.15) is 5.82 Å². The van der Waals surface area contributed by atoms with Crippen LogP contribution in [-0.4, -0.2) is 36.3 Å². The molecule has 2 amide bonds. The van der Waals surface area contributed by atoms with Crippen LogP contribution >= 0.6 is 11.6 Å². The summed E-state index contributed by atoms with van der Waals surface area (Å²) in [6, 6.07) is 5.14. The molecule has 6 heteroatoms. The van der Waals surface area contributed by atoms with Crippen LogP contribution in [0.3, 0.4) is 0 Å². The van der Waals surface area contributed by atoms with Crippen LogP contribution in [0.25, 0.3) is 0 Å². The van der Waals surface area contributed by atoms with Crippen molar-refractivity contribution < 1.29 is 14.0 Å². The van der Waals surface area contributed by atoms with Crippen molar-refractivity contribution in [3.05, 3.63) is 46.8 Å². The molecule has 1 aromatic carbocycles. The van der Waals surface area contributed by atoms with Crippen molar-refractivity contribution in [1.29, 1.82) is 0 Å². The monoisotopic (exact) mass is 296 g/mol. The second kappa shape index (κ2) is 6.52. The summed E-state index contributed by atoms with van der Waals surface area (Å²) in [5.74, 6) is -1.00. The SMILES string of the molecule is O=C(NCC(=O)N1CCC=C(Cl)C1)c1ccc(F)cc1. The molecule has 0 saturated heterocycles. The largest absolute Gasteiger partial charge is 0.343 e. The molecular weight excluding hydrogens is 283 g/mol. The number of nitrogens with zero attached hydrogens (tertiary/aromatic N) is 1. The molecule has 20 heavy (non-hydrogen) atoms. The molecule has 2 rings (SSSR count). The molecule has 1 aliphatic heterocycles. The van der Waals surface area contributed by atoms with E-state index >= 15 is 0 Å². The number of hydrogen-bond acceptors (Lipinski definition) is 2. The third-order valence-corrected chi connectivity index (χ3v) is 3.24. The minimum Gasteiger partial charge on any atom is -0.343 e. The van der Waals surface area contributed by atoms with Gasteiger partial charge in [0.25, 0.3) is 5.91 Å². The van der Waals surface area contributed by atoms with Crippen molar-refractivity contribution in [2.45, 2.75) is 6.42 Å². The van der Waals surface area contributed by atoms with Crippen LogP contribution in [0.5, 0.6) is 0 Å². The fraction of sp³-hybridized carbons (Fsp3) is 0.286. The zero-order valence-corrected chi connectivity index (χ0v) is 11.5. The maximum Gasteiger partial charge on any atom is 0.251 e. The molecule has 1 aliphatic rings. The highest BCUT2D eigenvalue weighted by molar-refractivity contribution is 6.30. The Morgan fingerprint density at radius 1 is 1.30 bits per heavy atom. The van der Waals surface area contributed by atoms with Crippen LogP contribution in [0.15, 0.2) is 35.4 Å². The van der Waals surface area contributed by atoms with Crippen molar-refractivity contribution >= 4 is 23.4 Å². The second-order valence-corrected chi connectivity index (χ2v) is 4.93. The zero-order chi connectivity index (χ0) is 14.5. The maximum absolute atomic E-state index is 12.7. The second-order valence-electron chi connectivity index (χ2n) is 4.44. The number of amides is 2. The first-order chi connectivity index (χ1) is 9.56. The van der Waals surface area contributed by atoms with Crippen LogP contribution in [-0.2, 0) is 4.79 Å². The van der Waals surface area contributed by atoms with E-state index < -0.39 is 11.7 Å². The summed E-state index contributed by atoms with van der Waals surface area (Å²) in [7, 11) is 0. The highest BCUT2D eigenvalue weighted by Gasteiger charge is 2.18. The summed E-state index contributed by atoms with van der Waals surface area (Å²) in [5, 5.41) is 3.15. The first-order valence-electron chi connectivity index (χ1n) is 6.22. The molecule has 106 valence electrons. The number of hydrogen-bond donors (Lipinski definition) is 1. The quantitative estimate of drug-likeness (QED) is 0.926. The molecule has 0 radical (unpaired) electrons. The normalized spacial score (nSPS) is 14.7. The van der Waals surface area contributed by atoms with Crippen LogP contribution in [0.4, 0.5) is 4.39 Å². The number of rotatable bonds is 3. The lowest BCUT2D eigenvalue weighted by molar-refractivity contribution is -0.129. The highest BCUT2D eigenvalue weighted by Crippen LogP contribution is 2.12. The zero-order valence-electron chi connectivity index (χ0n) is 10.7. The minimum absolute atomic E-state index is 0.0968. The first-order valence-corrected chi connectivity index (χ1v) is 6.60. The van der Waals surface area contributed by atoms with E-state index in [0.717, 1.165) is 6.42 Å². The molecular formula is C14H14ClFN2O2. The average molecular weight is 297 g/mol. The van der Waals surface area contributed by atoms with Gasteiger partial charge in [-0.15, -0.1) is 0 Å². The lowest BCUT2D eigenvalue weighted by Gasteiger charge is -2.25. The summed E-state index contributed by atoms with van der Waals surface area (Å²) in [5.41, 5.74) is 0.316. The molecule has 4 nitrogen and oxygen atoms in total. The number of carbonyl (C=O) groups excluding carboxylic acids is 2. The van der Waals surface area contributed by atoms with Crippen LogP contribution in [0.1, 0.15) is 16.8 Å². The summed E-state index contributed by atoms with van der Waals surface area (Å²) >= 11 is 5.87. The lowest BCUT2D eigenvalue weighted by Crippen LogP contribution is -2.42.